The van der Waals surface area contributed by atoms with Crippen molar-refractivity contribution in [2.75, 3.05) is 0 Å². The van der Waals surface area contributed by atoms with E-state index in [-0.39, 0.29) is 10.6 Å². The quantitative estimate of drug-likeness (QED) is 0.622. The highest BCUT2D eigenvalue weighted by molar-refractivity contribution is 7.15. The van der Waals surface area contributed by atoms with Gasteiger partial charge in [-0.3, -0.25) is 14.5 Å². The van der Waals surface area contributed by atoms with Gasteiger partial charge in [0.2, 0.25) is 5.70 Å². The predicted molar refractivity (Wildman–Crippen MR) is 67.8 cm³/mol. The summed E-state index contributed by atoms with van der Waals surface area (Å²) in [5, 5.41) is 12.8. The van der Waals surface area contributed by atoms with E-state index in [9.17, 15) is 10.1 Å². The topological polar surface area (TPSA) is 60.4 Å². The van der Waals surface area contributed by atoms with Crippen LogP contribution in [0.4, 0.5) is 0 Å². The van der Waals surface area contributed by atoms with Crippen molar-refractivity contribution in [2.45, 2.75) is 27.2 Å². The minimum absolute atomic E-state index is 0.209. The number of hydrogen-bond acceptors (Lipinski definition) is 4. The highest BCUT2D eigenvalue weighted by Crippen LogP contribution is 2.22. The highest BCUT2D eigenvalue weighted by Gasteiger charge is 2.14. The summed E-state index contributed by atoms with van der Waals surface area (Å²) in [7, 11) is 0. The Labute approximate surface area is 103 Å². The summed E-state index contributed by atoms with van der Waals surface area (Å²) >= 11 is 1.54. The van der Waals surface area contributed by atoms with E-state index in [1.807, 2.05) is 23.6 Å². The first kappa shape index (κ1) is 11.8. The van der Waals surface area contributed by atoms with E-state index in [4.69, 9.17) is 0 Å². The minimum Gasteiger partial charge on any atom is -0.288 e. The molecule has 0 atom stereocenters. The van der Waals surface area contributed by atoms with Gasteiger partial charge in [-0.05, 0) is 13.8 Å². The van der Waals surface area contributed by atoms with Gasteiger partial charge in [0.25, 0.3) is 0 Å². The standard InChI is InChI=1S/C11H13N3O2S/c1-4-9(14(15)16)5-10-8(3)12-11-13(10)7(2)6-17-11/h5-6H,4H2,1-3H3/b9-5+. The first-order chi connectivity index (χ1) is 8.04. The zero-order chi connectivity index (χ0) is 12.6. The zero-order valence-corrected chi connectivity index (χ0v) is 10.7. The average Bonchev–Trinajstić information content (AvgIpc) is 2.76. The van der Waals surface area contributed by atoms with Gasteiger partial charge in [-0.25, -0.2) is 4.98 Å². The molecule has 0 radical (unpaired) electrons. The lowest BCUT2D eigenvalue weighted by molar-refractivity contribution is -0.425. The van der Waals surface area contributed by atoms with Crippen molar-refractivity contribution in [3.8, 4) is 0 Å². The van der Waals surface area contributed by atoms with Crippen molar-refractivity contribution in [3.63, 3.8) is 0 Å². The molecule has 0 saturated heterocycles. The van der Waals surface area contributed by atoms with Crippen molar-refractivity contribution in [2.24, 2.45) is 0 Å². The first-order valence-electron chi connectivity index (χ1n) is 5.32. The van der Waals surface area contributed by atoms with Crippen LogP contribution in [0.15, 0.2) is 11.1 Å². The van der Waals surface area contributed by atoms with Gasteiger partial charge >= 0.3 is 0 Å². The van der Waals surface area contributed by atoms with E-state index < -0.39 is 0 Å². The Balaban J connectivity index is 2.65. The van der Waals surface area contributed by atoms with Gasteiger partial charge in [0.1, 0.15) is 0 Å². The molecular formula is C11H13N3O2S. The number of aryl methyl sites for hydroxylation is 2. The van der Waals surface area contributed by atoms with Gasteiger partial charge in [-0.15, -0.1) is 11.3 Å². The molecule has 0 aliphatic carbocycles. The molecule has 90 valence electrons. The highest BCUT2D eigenvalue weighted by atomic mass is 32.1. The summed E-state index contributed by atoms with van der Waals surface area (Å²) in [5.41, 5.74) is 2.90. The lowest BCUT2D eigenvalue weighted by atomic mass is 10.2. The van der Waals surface area contributed by atoms with E-state index >= 15 is 0 Å². The molecule has 0 aliphatic heterocycles. The fourth-order valence-electron chi connectivity index (χ4n) is 1.74. The van der Waals surface area contributed by atoms with E-state index in [0.29, 0.717) is 6.42 Å². The van der Waals surface area contributed by atoms with Crippen LogP contribution in [0.1, 0.15) is 30.4 Å². The van der Waals surface area contributed by atoms with Crippen molar-refractivity contribution in [3.05, 3.63) is 38.3 Å². The van der Waals surface area contributed by atoms with E-state index in [2.05, 4.69) is 4.98 Å². The van der Waals surface area contributed by atoms with Gasteiger partial charge in [0, 0.05) is 23.6 Å². The number of rotatable bonds is 3. The smallest absolute Gasteiger partial charge is 0.248 e. The Hall–Kier alpha value is -1.69. The van der Waals surface area contributed by atoms with E-state index in [1.165, 1.54) is 0 Å². The number of nitro groups is 1. The summed E-state index contributed by atoms with van der Waals surface area (Å²) in [6.07, 6.45) is 2.03. The Morgan fingerprint density at radius 3 is 2.94 bits per heavy atom. The van der Waals surface area contributed by atoms with Crippen molar-refractivity contribution < 1.29 is 4.92 Å². The number of thiazole rings is 1. The number of allylic oxidation sites excluding steroid dienone is 1. The van der Waals surface area contributed by atoms with Gasteiger partial charge in [-0.2, -0.15) is 0 Å². The lowest BCUT2D eigenvalue weighted by Gasteiger charge is -1.98. The molecule has 0 N–H and O–H groups in total. The van der Waals surface area contributed by atoms with Crippen LogP contribution in [-0.4, -0.2) is 14.3 Å². The Morgan fingerprint density at radius 1 is 1.65 bits per heavy atom. The molecule has 0 fully saturated rings. The summed E-state index contributed by atoms with van der Waals surface area (Å²) in [4.78, 5) is 15.8. The number of imidazole rings is 1. The molecule has 0 unspecified atom stereocenters. The van der Waals surface area contributed by atoms with Crippen LogP contribution in [-0.2, 0) is 0 Å². The van der Waals surface area contributed by atoms with Crippen LogP contribution < -0.4 is 0 Å². The second-order valence-electron chi connectivity index (χ2n) is 3.82. The molecule has 2 heterocycles. The molecule has 2 aromatic rings. The summed E-state index contributed by atoms with van der Waals surface area (Å²) in [6, 6.07) is 0. The third kappa shape index (κ3) is 1.95. The van der Waals surface area contributed by atoms with Crippen molar-refractivity contribution in [1.29, 1.82) is 0 Å². The maximum absolute atomic E-state index is 10.8. The largest absolute Gasteiger partial charge is 0.288 e. The fraction of sp³-hybridized carbons (Fsp3) is 0.364. The van der Waals surface area contributed by atoms with Crippen LogP contribution >= 0.6 is 11.3 Å². The molecule has 0 amide bonds. The normalized spacial score (nSPS) is 12.3. The lowest BCUT2D eigenvalue weighted by Crippen LogP contribution is -1.98. The molecule has 2 rings (SSSR count). The average molecular weight is 251 g/mol. The Kier molecular flexibility index (Phi) is 2.97. The second kappa shape index (κ2) is 4.29. The molecule has 2 aromatic heterocycles. The number of hydrogen-bond donors (Lipinski definition) is 0. The molecule has 0 bridgehead atoms. The van der Waals surface area contributed by atoms with E-state index in [0.717, 1.165) is 22.0 Å². The van der Waals surface area contributed by atoms with Crippen LogP contribution in [0.25, 0.3) is 11.0 Å². The van der Waals surface area contributed by atoms with E-state index in [1.54, 1.807) is 24.3 Å². The molecule has 0 aromatic carbocycles. The minimum atomic E-state index is -0.333. The zero-order valence-electron chi connectivity index (χ0n) is 9.93. The number of aromatic nitrogens is 2. The molecule has 5 nitrogen and oxygen atoms in total. The monoisotopic (exact) mass is 251 g/mol. The Morgan fingerprint density at radius 2 is 2.35 bits per heavy atom. The molecule has 6 heteroatoms. The fourth-order valence-corrected chi connectivity index (χ4v) is 2.66. The Bertz CT molecular complexity index is 610. The molecule has 17 heavy (non-hydrogen) atoms. The molecular weight excluding hydrogens is 238 g/mol. The maximum atomic E-state index is 10.8. The van der Waals surface area contributed by atoms with Gasteiger partial charge < -0.3 is 0 Å². The van der Waals surface area contributed by atoms with Gasteiger partial charge in [0.05, 0.1) is 16.3 Å². The molecule has 0 aliphatic rings. The van der Waals surface area contributed by atoms with Crippen LogP contribution in [0.2, 0.25) is 0 Å². The van der Waals surface area contributed by atoms with Crippen LogP contribution in [0.5, 0.6) is 0 Å². The molecule has 0 saturated carbocycles. The third-order valence-electron chi connectivity index (χ3n) is 2.65. The summed E-state index contributed by atoms with van der Waals surface area (Å²) in [5.74, 6) is 0. The summed E-state index contributed by atoms with van der Waals surface area (Å²) in [6.45, 7) is 5.63. The van der Waals surface area contributed by atoms with Gasteiger partial charge in [0.15, 0.2) is 4.96 Å². The van der Waals surface area contributed by atoms with Crippen molar-refractivity contribution >= 4 is 22.4 Å². The van der Waals surface area contributed by atoms with Crippen LogP contribution in [0.3, 0.4) is 0 Å². The second-order valence-corrected chi connectivity index (χ2v) is 4.66. The number of nitrogens with zero attached hydrogens (tertiary/aromatic N) is 3. The molecule has 0 spiro atoms. The third-order valence-corrected chi connectivity index (χ3v) is 3.60. The van der Waals surface area contributed by atoms with Gasteiger partial charge in [-0.1, -0.05) is 6.92 Å². The van der Waals surface area contributed by atoms with Crippen molar-refractivity contribution in [1.82, 2.24) is 9.38 Å². The predicted octanol–water partition coefficient (Wildman–Crippen LogP) is 3.04. The number of fused-ring (bicyclic) bond motifs is 1. The SMILES string of the molecule is CC/C(=C\c1c(C)nc2scc(C)n12)[N+](=O)[O-]. The maximum Gasteiger partial charge on any atom is 0.248 e. The first-order valence-corrected chi connectivity index (χ1v) is 6.20. The van der Waals surface area contributed by atoms with Crippen LogP contribution in [0, 0.1) is 24.0 Å². The summed E-state index contributed by atoms with van der Waals surface area (Å²) < 4.78 is 1.96.